The molecule has 0 aliphatic carbocycles. The van der Waals surface area contributed by atoms with Gasteiger partial charge in [-0.1, -0.05) is 6.07 Å². The Hall–Kier alpha value is -1.40. The molecule has 1 heterocycles. The maximum atomic E-state index is 12.0. The highest BCUT2D eigenvalue weighted by Gasteiger charge is 2.17. The van der Waals surface area contributed by atoms with E-state index in [1.54, 1.807) is 16.2 Å². The largest absolute Gasteiger partial charge is 0.346 e. The molecule has 5 nitrogen and oxygen atoms in total. The van der Waals surface area contributed by atoms with Crippen molar-refractivity contribution in [3.63, 3.8) is 0 Å². The summed E-state index contributed by atoms with van der Waals surface area (Å²) in [5.41, 5.74) is 5.17. The van der Waals surface area contributed by atoms with E-state index in [0.717, 1.165) is 4.88 Å². The standard InChI is InChI=1S/C12H19N3O2S/c1-9(2)15(8-10-4-3-5-18-10)12(17)7-14-11(16)6-13/h3-5,9H,6-8,13H2,1-2H3,(H,14,16). The number of carbonyl (C=O) groups excluding carboxylic acids is 2. The topological polar surface area (TPSA) is 75.4 Å². The maximum Gasteiger partial charge on any atom is 0.242 e. The molecule has 1 aromatic heterocycles. The smallest absolute Gasteiger partial charge is 0.242 e. The number of nitrogens with two attached hydrogens (primary N) is 1. The first-order chi connectivity index (χ1) is 8.54. The normalized spacial score (nSPS) is 10.4. The second kappa shape index (κ2) is 7.13. The van der Waals surface area contributed by atoms with Crippen molar-refractivity contribution < 1.29 is 9.59 Å². The summed E-state index contributed by atoms with van der Waals surface area (Å²) >= 11 is 1.61. The van der Waals surface area contributed by atoms with Gasteiger partial charge < -0.3 is 16.0 Å². The third-order valence-corrected chi connectivity index (χ3v) is 3.33. The molecule has 0 spiro atoms. The molecule has 0 fully saturated rings. The van der Waals surface area contributed by atoms with Crippen LogP contribution in [0.15, 0.2) is 17.5 Å². The van der Waals surface area contributed by atoms with Gasteiger partial charge in [0.2, 0.25) is 11.8 Å². The first kappa shape index (κ1) is 14.7. The Kier molecular flexibility index (Phi) is 5.80. The van der Waals surface area contributed by atoms with Crippen LogP contribution in [0.4, 0.5) is 0 Å². The van der Waals surface area contributed by atoms with Gasteiger partial charge in [-0.3, -0.25) is 9.59 Å². The highest BCUT2D eigenvalue weighted by molar-refractivity contribution is 7.09. The lowest BCUT2D eigenvalue weighted by atomic mass is 10.3. The predicted octanol–water partition coefficient (Wildman–Crippen LogP) is 0.560. The molecule has 6 heteroatoms. The molecule has 3 N–H and O–H groups in total. The molecule has 2 amide bonds. The molecule has 0 bridgehead atoms. The van der Waals surface area contributed by atoms with Gasteiger partial charge in [0.1, 0.15) is 0 Å². The molecule has 0 radical (unpaired) electrons. The quantitative estimate of drug-likeness (QED) is 0.792. The lowest BCUT2D eigenvalue weighted by Crippen LogP contribution is -2.44. The van der Waals surface area contributed by atoms with Gasteiger partial charge in [-0.2, -0.15) is 0 Å². The zero-order valence-corrected chi connectivity index (χ0v) is 11.5. The number of carbonyl (C=O) groups is 2. The van der Waals surface area contributed by atoms with Crippen LogP contribution in [0, 0.1) is 0 Å². The fourth-order valence-corrected chi connectivity index (χ4v) is 2.18. The molecule has 0 unspecified atom stereocenters. The third kappa shape index (κ3) is 4.46. The van der Waals surface area contributed by atoms with Crippen LogP contribution in [0.25, 0.3) is 0 Å². The number of nitrogens with zero attached hydrogens (tertiary/aromatic N) is 1. The highest BCUT2D eigenvalue weighted by atomic mass is 32.1. The van der Waals surface area contributed by atoms with Crippen molar-refractivity contribution in [3.05, 3.63) is 22.4 Å². The lowest BCUT2D eigenvalue weighted by Gasteiger charge is -2.26. The molecule has 0 atom stereocenters. The molecule has 0 aromatic carbocycles. The summed E-state index contributed by atoms with van der Waals surface area (Å²) < 4.78 is 0. The first-order valence-electron chi connectivity index (χ1n) is 5.83. The van der Waals surface area contributed by atoms with Crippen LogP contribution in [-0.2, 0) is 16.1 Å². The van der Waals surface area contributed by atoms with E-state index in [1.165, 1.54) is 0 Å². The number of rotatable bonds is 6. The van der Waals surface area contributed by atoms with Crippen LogP contribution in [0.5, 0.6) is 0 Å². The average molecular weight is 269 g/mol. The van der Waals surface area contributed by atoms with Gasteiger partial charge in [0, 0.05) is 10.9 Å². The molecule has 0 saturated heterocycles. The van der Waals surface area contributed by atoms with Gasteiger partial charge in [0.25, 0.3) is 0 Å². The third-order valence-electron chi connectivity index (χ3n) is 2.47. The second-order valence-electron chi connectivity index (χ2n) is 4.18. The predicted molar refractivity (Wildman–Crippen MR) is 72.1 cm³/mol. The van der Waals surface area contributed by atoms with Gasteiger partial charge in [-0.05, 0) is 25.3 Å². The first-order valence-corrected chi connectivity index (χ1v) is 6.71. The van der Waals surface area contributed by atoms with Gasteiger partial charge >= 0.3 is 0 Å². The molecule has 1 rings (SSSR count). The fraction of sp³-hybridized carbons (Fsp3) is 0.500. The summed E-state index contributed by atoms with van der Waals surface area (Å²) in [6.07, 6.45) is 0. The highest BCUT2D eigenvalue weighted by Crippen LogP contribution is 2.13. The molecular weight excluding hydrogens is 250 g/mol. The Labute approximate surface area is 111 Å². The molecule has 0 aliphatic heterocycles. The zero-order valence-electron chi connectivity index (χ0n) is 10.7. The van der Waals surface area contributed by atoms with Crippen LogP contribution in [0.3, 0.4) is 0 Å². The van der Waals surface area contributed by atoms with Crippen molar-refractivity contribution in [2.24, 2.45) is 5.73 Å². The van der Waals surface area contributed by atoms with Crippen LogP contribution < -0.4 is 11.1 Å². The molecule has 100 valence electrons. The Morgan fingerprint density at radius 1 is 1.50 bits per heavy atom. The number of thiophene rings is 1. The van der Waals surface area contributed by atoms with Crippen molar-refractivity contribution >= 4 is 23.2 Å². The summed E-state index contributed by atoms with van der Waals surface area (Å²) in [4.78, 5) is 25.9. The SMILES string of the molecule is CC(C)N(Cc1cccs1)C(=O)CNC(=O)CN. The van der Waals surface area contributed by atoms with Crippen LogP contribution in [-0.4, -0.2) is 35.8 Å². The summed E-state index contributed by atoms with van der Waals surface area (Å²) in [7, 11) is 0. The Morgan fingerprint density at radius 2 is 2.22 bits per heavy atom. The van der Waals surface area contributed by atoms with Crippen molar-refractivity contribution in [1.29, 1.82) is 0 Å². The Morgan fingerprint density at radius 3 is 2.72 bits per heavy atom. The monoisotopic (exact) mass is 269 g/mol. The number of hydrogen-bond acceptors (Lipinski definition) is 4. The maximum absolute atomic E-state index is 12.0. The summed E-state index contributed by atoms with van der Waals surface area (Å²) in [6.45, 7) is 4.39. The van der Waals surface area contributed by atoms with Crippen LogP contribution in [0.1, 0.15) is 18.7 Å². The number of amides is 2. The van der Waals surface area contributed by atoms with E-state index in [1.807, 2.05) is 31.4 Å². The Balaban J connectivity index is 2.56. The van der Waals surface area contributed by atoms with Gasteiger partial charge in [-0.25, -0.2) is 0 Å². The number of nitrogens with one attached hydrogen (secondary N) is 1. The van der Waals surface area contributed by atoms with Crippen LogP contribution >= 0.6 is 11.3 Å². The van der Waals surface area contributed by atoms with Crippen molar-refractivity contribution in [1.82, 2.24) is 10.2 Å². The minimum Gasteiger partial charge on any atom is -0.346 e. The minimum absolute atomic E-state index is 0.000408. The summed E-state index contributed by atoms with van der Waals surface area (Å²) in [6, 6.07) is 4.04. The van der Waals surface area contributed by atoms with Crippen molar-refractivity contribution in [3.8, 4) is 0 Å². The van der Waals surface area contributed by atoms with Gasteiger partial charge in [0.05, 0.1) is 19.6 Å². The van der Waals surface area contributed by atoms with Gasteiger partial charge in [0.15, 0.2) is 0 Å². The number of hydrogen-bond donors (Lipinski definition) is 2. The zero-order chi connectivity index (χ0) is 13.5. The van der Waals surface area contributed by atoms with E-state index < -0.39 is 0 Å². The summed E-state index contributed by atoms with van der Waals surface area (Å²) in [5.74, 6) is -0.414. The second-order valence-corrected chi connectivity index (χ2v) is 5.21. The Bertz CT molecular complexity index is 390. The van der Waals surface area contributed by atoms with Gasteiger partial charge in [-0.15, -0.1) is 11.3 Å². The van der Waals surface area contributed by atoms with E-state index in [4.69, 9.17) is 5.73 Å². The summed E-state index contributed by atoms with van der Waals surface area (Å²) in [5, 5.41) is 4.48. The average Bonchev–Trinajstić information content (AvgIpc) is 2.85. The molecule has 1 aromatic rings. The molecular formula is C12H19N3O2S. The van der Waals surface area contributed by atoms with Crippen molar-refractivity contribution in [2.75, 3.05) is 13.1 Å². The van der Waals surface area contributed by atoms with E-state index in [0.29, 0.717) is 6.54 Å². The molecule has 0 saturated carbocycles. The van der Waals surface area contributed by atoms with Crippen molar-refractivity contribution in [2.45, 2.75) is 26.4 Å². The molecule has 18 heavy (non-hydrogen) atoms. The van der Waals surface area contributed by atoms with E-state index in [9.17, 15) is 9.59 Å². The van der Waals surface area contributed by atoms with E-state index in [2.05, 4.69) is 5.32 Å². The van der Waals surface area contributed by atoms with E-state index in [-0.39, 0.29) is 30.9 Å². The minimum atomic E-state index is -0.317. The fourth-order valence-electron chi connectivity index (χ4n) is 1.48. The lowest BCUT2D eigenvalue weighted by molar-refractivity contribution is -0.134. The van der Waals surface area contributed by atoms with Crippen LogP contribution in [0.2, 0.25) is 0 Å². The van der Waals surface area contributed by atoms with E-state index >= 15 is 0 Å². The molecule has 0 aliphatic rings.